The topological polar surface area (TPSA) is 41.1 Å². The second kappa shape index (κ2) is 6.10. The highest BCUT2D eigenvalue weighted by atomic mass is 35.5. The smallest absolute Gasteiger partial charge is 0.151 e. The first-order chi connectivity index (χ1) is 6.27. The molecule has 0 saturated carbocycles. The number of hydrogen-bond donors (Lipinski definition) is 1. The minimum atomic E-state index is 0. The van der Waals surface area contributed by atoms with Gasteiger partial charge in [-0.05, 0) is 11.6 Å². The molecule has 1 aromatic rings. The van der Waals surface area contributed by atoms with Gasteiger partial charge in [-0.3, -0.25) is 0 Å². The van der Waals surface area contributed by atoms with Crippen molar-refractivity contribution in [1.29, 1.82) is 0 Å². The molecule has 1 N–H and O–H groups in total. The van der Waals surface area contributed by atoms with E-state index in [9.17, 15) is 0 Å². The summed E-state index contributed by atoms with van der Waals surface area (Å²) in [7, 11) is 3.96. The van der Waals surface area contributed by atoms with Crippen molar-refractivity contribution in [3.8, 4) is 0 Å². The maximum absolute atomic E-state index is 4.21. The van der Waals surface area contributed by atoms with Gasteiger partial charge in [0.05, 0.1) is 5.69 Å². The summed E-state index contributed by atoms with van der Waals surface area (Å²) in [6.45, 7) is 1.94. The highest BCUT2D eigenvalue weighted by Gasteiger charge is 2.11. The lowest BCUT2D eigenvalue weighted by Gasteiger charge is -2.18. The van der Waals surface area contributed by atoms with Gasteiger partial charge in [0.1, 0.15) is 0 Å². The third-order valence-electron chi connectivity index (χ3n) is 2.26. The van der Waals surface area contributed by atoms with E-state index in [1.54, 1.807) is 0 Å². The summed E-state index contributed by atoms with van der Waals surface area (Å²) in [6, 6.07) is 2.11. The van der Waals surface area contributed by atoms with E-state index in [1.165, 1.54) is 5.56 Å². The van der Waals surface area contributed by atoms with Gasteiger partial charge in [0.2, 0.25) is 0 Å². The van der Waals surface area contributed by atoms with Crippen LogP contribution in [0.5, 0.6) is 0 Å². The molecule has 4 nitrogen and oxygen atoms in total. The van der Waals surface area contributed by atoms with Gasteiger partial charge in [-0.1, -0.05) is 0 Å². The Hall–Kier alpha value is -0.580. The number of halogens is 2. The average molecular weight is 251 g/mol. The highest BCUT2D eigenvalue weighted by molar-refractivity contribution is 5.85. The first-order valence-electron chi connectivity index (χ1n) is 4.51. The van der Waals surface area contributed by atoms with Crippen LogP contribution in [0.2, 0.25) is 0 Å². The zero-order chi connectivity index (χ0) is 9.26. The molecule has 2 heterocycles. The van der Waals surface area contributed by atoms with Crippen LogP contribution in [0.4, 0.5) is 5.82 Å². The standard InChI is InChI=1S/C9H14N4.2ClH/c1-13(2)9-5-7-6-10-4-3-8(7)11-12-9;;/h5,10H,3-4,6H2,1-2H3;2*1H. The van der Waals surface area contributed by atoms with E-state index < -0.39 is 0 Å². The van der Waals surface area contributed by atoms with Crippen LogP contribution >= 0.6 is 24.8 Å². The molecule has 0 fully saturated rings. The van der Waals surface area contributed by atoms with Gasteiger partial charge in [0.25, 0.3) is 0 Å². The molecule has 6 heteroatoms. The average Bonchev–Trinajstić information content (AvgIpc) is 2.17. The maximum atomic E-state index is 4.21. The molecular weight excluding hydrogens is 235 g/mol. The molecule has 0 aromatic carbocycles. The fraction of sp³-hybridized carbons (Fsp3) is 0.556. The van der Waals surface area contributed by atoms with E-state index in [1.807, 2.05) is 19.0 Å². The molecule has 0 amide bonds. The summed E-state index contributed by atoms with van der Waals surface area (Å²) in [5, 5.41) is 11.7. The van der Waals surface area contributed by atoms with E-state index in [2.05, 4.69) is 21.6 Å². The monoisotopic (exact) mass is 250 g/mol. The molecule has 1 aromatic heterocycles. The van der Waals surface area contributed by atoms with Gasteiger partial charge in [0, 0.05) is 33.6 Å². The summed E-state index contributed by atoms with van der Waals surface area (Å²) in [4.78, 5) is 1.97. The SMILES string of the molecule is CN(C)c1cc2c(nn1)CCNC2.Cl.Cl. The number of nitrogens with zero attached hydrogens (tertiary/aromatic N) is 3. The number of rotatable bonds is 1. The first kappa shape index (κ1) is 14.4. The zero-order valence-corrected chi connectivity index (χ0v) is 10.5. The minimum absolute atomic E-state index is 0. The number of anilines is 1. The second-order valence-corrected chi connectivity index (χ2v) is 3.50. The van der Waals surface area contributed by atoms with Crippen molar-refractivity contribution in [2.45, 2.75) is 13.0 Å². The minimum Gasteiger partial charge on any atom is -0.361 e. The summed E-state index contributed by atoms with van der Waals surface area (Å²) < 4.78 is 0. The van der Waals surface area contributed by atoms with Crippen molar-refractivity contribution in [3.63, 3.8) is 0 Å². The predicted octanol–water partition coefficient (Wildman–Crippen LogP) is 1.03. The van der Waals surface area contributed by atoms with E-state index in [0.717, 1.165) is 31.0 Å². The summed E-state index contributed by atoms with van der Waals surface area (Å²) in [5.41, 5.74) is 2.43. The summed E-state index contributed by atoms with van der Waals surface area (Å²) >= 11 is 0. The van der Waals surface area contributed by atoms with Gasteiger partial charge in [-0.25, -0.2) is 0 Å². The molecule has 0 radical (unpaired) electrons. The lowest BCUT2D eigenvalue weighted by Crippen LogP contribution is -2.25. The van der Waals surface area contributed by atoms with E-state index in [-0.39, 0.29) is 24.8 Å². The predicted molar refractivity (Wildman–Crippen MR) is 66.3 cm³/mol. The van der Waals surface area contributed by atoms with Gasteiger partial charge in [-0.2, -0.15) is 5.10 Å². The Bertz CT molecular complexity index is 317. The third-order valence-corrected chi connectivity index (χ3v) is 2.26. The Balaban J connectivity index is 0.000000980. The molecule has 2 rings (SSSR count). The van der Waals surface area contributed by atoms with Crippen LogP contribution in [-0.2, 0) is 13.0 Å². The Morgan fingerprint density at radius 1 is 1.27 bits per heavy atom. The zero-order valence-electron chi connectivity index (χ0n) is 8.86. The molecular formula is C9H16Cl2N4. The number of hydrogen-bond acceptors (Lipinski definition) is 4. The van der Waals surface area contributed by atoms with Crippen LogP contribution in [0, 0.1) is 0 Å². The maximum Gasteiger partial charge on any atom is 0.151 e. The first-order valence-corrected chi connectivity index (χ1v) is 4.51. The quantitative estimate of drug-likeness (QED) is 0.809. The van der Waals surface area contributed by atoms with Crippen molar-refractivity contribution >= 4 is 30.6 Å². The lowest BCUT2D eigenvalue weighted by atomic mass is 10.1. The lowest BCUT2D eigenvalue weighted by molar-refractivity contribution is 0.620. The number of aromatic nitrogens is 2. The van der Waals surface area contributed by atoms with Gasteiger partial charge in [-0.15, -0.1) is 29.9 Å². The van der Waals surface area contributed by atoms with Crippen LogP contribution < -0.4 is 10.2 Å². The molecule has 15 heavy (non-hydrogen) atoms. The number of fused-ring (bicyclic) bond motifs is 1. The fourth-order valence-electron chi connectivity index (χ4n) is 1.46. The Morgan fingerprint density at radius 2 is 2.00 bits per heavy atom. The number of nitrogens with one attached hydrogen (secondary N) is 1. The Kier molecular flexibility index (Phi) is 5.87. The molecule has 0 unspecified atom stereocenters. The van der Waals surface area contributed by atoms with Crippen LogP contribution in [0.1, 0.15) is 11.3 Å². The normalized spacial score (nSPS) is 13.2. The molecule has 0 spiro atoms. The van der Waals surface area contributed by atoms with E-state index >= 15 is 0 Å². The van der Waals surface area contributed by atoms with Crippen molar-refractivity contribution in [1.82, 2.24) is 15.5 Å². The highest BCUT2D eigenvalue weighted by Crippen LogP contribution is 2.14. The van der Waals surface area contributed by atoms with Crippen molar-refractivity contribution in [2.75, 3.05) is 25.5 Å². The van der Waals surface area contributed by atoms with Gasteiger partial charge < -0.3 is 10.2 Å². The van der Waals surface area contributed by atoms with Gasteiger partial charge in [0.15, 0.2) is 5.82 Å². The molecule has 0 aliphatic carbocycles. The fourth-order valence-corrected chi connectivity index (χ4v) is 1.46. The largest absolute Gasteiger partial charge is 0.361 e. The second-order valence-electron chi connectivity index (χ2n) is 3.50. The van der Waals surface area contributed by atoms with E-state index in [4.69, 9.17) is 0 Å². The van der Waals surface area contributed by atoms with E-state index in [0.29, 0.717) is 0 Å². The van der Waals surface area contributed by atoms with Crippen molar-refractivity contribution in [2.24, 2.45) is 0 Å². The third kappa shape index (κ3) is 3.19. The molecule has 0 atom stereocenters. The molecule has 0 saturated heterocycles. The molecule has 1 aliphatic rings. The Morgan fingerprint density at radius 3 is 2.67 bits per heavy atom. The summed E-state index contributed by atoms with van der Waals surface area (Å²) in [6.07, 6.45) is 0.996. The van der Waals surface area contributed by atoms with Crippen LogP contribution in [0.25, 0.3) is 0 Å². The molecule has 1 aliphatic heterocycles. The molecule has 0 bridgehead atoms. The van der Waals surface area contributed by atoms with Gasteiger partial charge >= 0.3 is 0 Å². The Labute approximate surface area is 102 Å². The van der Waals surface area contributed by atoms with Crippen LogP contribution in [0.3, 0.4) is 0 Å². The summed E-state index contributed by atoms with van der Waals surface area (Å²) in [5.74, 6) is 0.933. The van der Waals surface area contributed by atoms with Crippen LogP contribution in [0.15, 0.2) is 6.07 Å². The van der Waals surface area contributed by atoms with Crippen LogP contribution in [-0.4, -0.2) is 30.8 Å². The van der Waals surface area contributed by atoms with Crippen molar-refractivity contribution < 1.29 is 0 Å². The van der Waals surface area contributed by atoms with Crippen molar-refractivity contribution in [3.05, 3.63) is 17.3 Å². The molecule has 86 valence electrons.